The van der Waals surface area contributed by atoms with E-state index in [2.05, 4.69) is 26.6 Å². The van der Waals surface area contributed by atoms with Gasteiger partial charge in [0, 0.05) is 10.2 Å². The van der Waals surface area contributed by atoms with Crippen molar-refractivity contribution in [2.24, 2.45) is 0 Å². The summed E-state index contributed by atoms with van der Waals surface area (Å²) in [4.78, 5) is 0. The Morgan fingerprint density at radius 3 is 2.55 bits per heavy atom. The Hall–Kier alpha value is -1.46. The highest BCUT2D eigenvalue weighted by molar-refractivity contribution is 9.10. The Balaban J connectivity index is 2.09. The lowest BCUT2D eigenvalue weighted by molar-refractivity contribution is 0.632. The molecule has 0 heterocycles. The highest BCUT2D eigenvalue weighted by atomic mass is 79.9. The molecule has 2 N–H and O–H groups in total. The van der Waals surface area contributed by atoms with E-state index in [-0.39, 0.29) is 5.82 Å². The molecule has 2 aromatic carbocycles. The highest BCUT2D eigenvalue weighted by Gasteiger charge is 2.05. The van der Waals surface area contributed by atoms with E-state index >= 15 is 0 Å². The molecule has 0 atom stereocenters. The summed E-state index contributed by atoms with van der Waals surface area (Å²) in [5.41, 5.74) is 3.29. The monoisotopic (exact) mass is 352 g/mol. The van der Waals surface area contributed by atoms with Gasteiger partial charge in [0.05, 0.1) is 5.69 Å². The molecule has 0 aliphatic heterocycles. The number of thiocarbonyl (C=S) groups is 1. The van der Waals surface area contributed by atoms with Crippen LogP contribution in [0.3, 0.4) is 0 Å². The minimum absolute atomic E-state index is 0.327. The summed E-state index contributed by atoms with van der Waals surface area (Å²) in [6, 6.07) is 10.7. The third-order valence-corrected chi connectivity index (χ3v) is 3.88. The van der Waals surface area contributed by atoms with E-state index in [1.54, 1.807) is 12.1 Å². The van der Waals surface area contributed by atoms with Crippen LogP contribution in [0, 0.1) is 19.7 Å². The molecule has 0 bridgehead atoms. The Morgan fingerprint density at radius 1 is 1.10 bits per heavy atom. The lowest BCUT2D eigenvalue weighted by Crippen LogP contribution is -2.19. The number of hydrogen-bond acceptors (Lipinski definition) is 1. The summed E-state index contributed by atoms with van der Waals surface area (Å²) in [7, 11) is 0. The molecular formula is C15H14BrFN2S. The maximum absolute atomic E-state index is 13.6. The zero-order valence-electron chi connectivity index (χ0n) is 11.1. The topological polar surface area (TPSA) is 24.1 Å². The van der Waals surface area contributed by atoms with E-state index in [0.29, 0.717) is 10.8 Å². The van der Waals surface area contributed by atoms with E-state index in [9.17, 15) is 4.39 Å². The van der Waals surface area contributed by atoms with Crippen molar-refractivity contribution in [1.29, 1.82) is 0 Å². The molecule has 2 aromatic rings. The van der Waals surface area contributed by atoms with Crippen LogP contribution in [0.15, 0.2) is 40.9 Å². The molecule has 20 heavy (non-hydrogen) atoms. The van der Waals surface area contributed by atoms with Crippen LogP contribution in [0.25, 0.3) is 0 Å². The normalized spacial score (nSPS) is 10.2. The average Bonchev–Trinajstić information content (AvgIpc) is 2.38. The molecule has 2 nitrogen and oxygen atoms in total. The Labute approximate surface area is 131 Å². The highest BCUT2D eigenvalue weighted by Crippen LogP contribution is 2.21. The van der Waals surface area contributed by atoms with Gasteiger partial charge in [0.15, 0.2) is 5.11 Å². The largest absolute Gasteiger partial charge is 0.332 e. The van der Waals surface area contributed by atoms with Crippen LogP contribution < -0.4 is 10.6 Å². The fraction of sp³-hybridized carbons (Fsp3) is 0.133. The van der Waals surface area contributed by atoms with Crippen LogP contribution in [0.1, 0.15) is 11.1 Å². The van der Waals surface area contributed by atoms with Crippen molar-refractivity contribution in [2.45, 2.75) is 13.8 Å². The maximum atomic E-state index is 13.6. The number of anilines is 2. The van der Waals surface area contributed by atoms with Crippen molar-refractivity contribution < 1.29 is 4.39 Å². The number of hydrogen-bond donors (Lipinski definition) is 2. The first-order chi connectivity index (χ1) is 9.45. The van der Waals surface area contributed by atoms with Crippen molar-refractivity contribution >= 4 is 44.6 Å². The summed E-state index contributed by atoms with van der Waals surface area (Å²) < 4.78 is 14.7. The van der Waals surface area contributed by atoms with Gasteiger partial charge in [0.1, 0.15) is 5.82 Å². The third kappa shape index (κ3) is 3.77. The Bertz CT molecular complexity index is 658. The molecule has 0 aromatic heterocycles. The predicted molar refractivity (Wildman–Crippen MR) is 89.9 cm³/mol. The zero-order valence-corrected chi connectivity index (χ0v) is 13.5. The van der Waals surface area contributed by atoms with Crippen molar-refractivity contribution in [2.75, 3.05) is 10.6 Å². The first-order valence-corrected chi connectivity index (χ1v) is 7.26. The van der Waals surface area contributed by atoms with Crippen molar-refractivity contribution in [1.82, 2.24) is 0 Å². The lowest BCUT2D eigenvalue weighted by Gasteiger charge is -2.12. The summed E-state index contributed by atoms with van der Waals surface area (Å²) in [5, 5.41) is 6.26. The summed E-state index contributed by atoms with van der Waals surface area (Å²) in [6.07, 6.45) is 0. The van der Waals surface area contributed by atoms with Crippen LogP contribution in [-0.2, 0) is 0 Å². The number of halogens is 2. The third-order valence-electron chi connectivity index (χ3n) is 2.79. The molecule has 0 saturated heterocycles. The van der Waals surface area contributed by atoms with Gasteiger partial charge in [0.2, 0.25) is 0 Å². The zero-order chi connectivity index (χ0) is 14.7. The molecule has 104 valence electrons. The summed E-state index contributed by atoms with van der Waals surface area (Å²) >= 11 is 8.64. The van der Waals surface area contributed by atoms with E-state index in [4.69, 9.17) is 12.2 Å². The van der Waals surface area contributed by atoms with Gasteiger partial charge in [-0.05, 0) is 67.5 Å². The van der Waals surface area contributed by atoms with Crippen molar-refractivity contribution in [3.63, 3.8) is 0 Å². The summed E-state index contributed by atoms with van der Waals surface area (Å²) in [6.45, 7) is 3.89. The minimum atomic E-state index is -0.327. The minimum Gasteiger partial charge on any atom is -0.332 e. The number of nitrogens with one attached hydrogen (secondary N) is 2. The van der Waals surface area contributed by atoms with E-state index in [1.807, 2.05) is 32.0 Å². The van der Waals surface area contributed by atoms with Crippen LogP contribution in [0.4, 0.5) is 15.8 Å². The summed E-state index contributed by atoms with van der Waals surface area (Å²) in [5.74, 6) is -0.327. The molecular weight excluding hydrogens is 339 g/mol. The van der Waals surface area contributed by atoms with E-state index in [0.717, 1.165) is 21.3 Å². The molecule has 0 aliphatic carbocycles. The Morgan fingerprint density at radius 2 is 1.85 bits per heavy atom. The van der Waals surface area contributed by atoms with Crippen LogP contribution in [-0.4, -0.2) is 5.11 Å². The van der Waals surface area contributed by atoms with Gasteiger partial charge in [-0.25, -0.2) is 4.39 Å². The first kappa shape index (κ1) is 14.9. The lowest BCUT2D eigenvalue weighted by atomic mass is 10.2. The number of benzene rings is 2. The second-order valence-corrected chi connectivity index (χ2v) is 5.79. The van der Waals surface area contributed by atoms with Gasteiger partial charge in [-0.1, -0.05) is 22.0 Å². The average molecular weight is 353 g/mol. The number of rotatable bonds is 2. The molecule has 0 spiro atoms. The van der Waals surface area contributed by atoms with Gasteiger partial charge in [-0.2, -0.15) is 0 Å². The van der Waals surface area contributed by atoms with Gasteiger partial charge >= 0.3 is 0 Å². The molecule has 0 fully saturated rings. The smallest absolute Gasteiger partial charge is 0.175 e. The SMILES string of the molecule is Cc1ccc(F)c(NC(=S)Nc2ccc(Br)c(C)c2)c1. The molecule has 0 radical (unpaired) electrons. The van der Waals surface area contributed by atoms with Crippen molar-refractivity contribution in [3.05, 3.63) is 57.8 Å². The second kappa shape index (κ2) is 6.33. The molecule has 0 amide bonds. The van der Waals surface area contributed by atoms with Gasteiger partial charge in [-0.3, -0.25) is 0 Å². The fourth-order valence-corrected chi connectivity index (χ4v) is 2.22. The van der Waals surface area contributed by atoms with Gasteiger partial charge in [-0.15, -0.1) is 0 Å². The second-order valence-electron chi connectivity index (χ2n) is 4.53. The quantitative estimate of drug-likeness (QED) is 0.742. The van der Waals surface area contributed by atoms with E-state index < -0.39 is 0 Å². The Kier molecular flexibility index (Phi) is 4.73. The molecule has 0 saturated carbocycles. The van der Waals surface area contributed by atoms with Crippen LogP contribution in [0.2, 0.25) is 0 Å². The number of aryl methyl sites for hydroxylation is 2. The maximum Gasteiger partial charge on any atom is 0.175 e. The van der Waals surface area contributed by atoms with Gasteiger partial charge < -0.3 is 10.6 Å². The van der Waals surface area contributed by atoms with E-state index in [1.165, 1.54) is 6.07 Å². The van der Waals surface area contributed by atoms with Crippen molar-refractivity contribution in [3.8, 4) is 0 Å². The molecule has 2 rings (SSSR count). The molecule has 0 unspecified atom stereocenters. The van der Waals surface area contributed by atoms with Crippen LogP contribution in [0.5, 0.6) is 0 Å². The van der Waals surface area contributed by atoms with Gasteiger partial charge in [0.25, 0.3) is 0 Å². The first-order valence-electron chi connectivity index (χ1n) is 6.06. The fourth-order valence-electron chi connectivity index (χ4n) is 1.74. The standard InChI is InChI=1S/C15H14BrFN2S/c1-9-3-6-13(17)14(7-9)19-15(20)18-11-4-5-12(16)10(2)8-11/h3-8H,1-2H3,(H2,18,19,20). The molecule has 5 heteroatoms. The molecule has 0 aliphatic rings. The van der Waals surface area contributed by atoms with Crippen LogP contribution >= 0.6 is 28.1 Å². The predicted octanol–water partition coefficient (Wildman–Crippen LogP) is 5.01.